The minimum Gasteiger partial charge on any atom is -0.593 e. The van der Waals surface area contributed by atoms with Crippen molar-refractivity contribution >= 4 is 22.3 Å². The van der Waals surface area contributed by atoms with Gasteiger partial charge in [-0.25, -0.2) is 9.97 Å². The number of nitrogens with zero attached hydrogens (tertiary/aromatic N) is 8. The van der Waals surface area contributed by atoms with Crippen molar-refractivity contribution in [1.82, 2.24) is 33.9 Å². The van der Waals surface area contributed by atoms with Crippen LogP contribution in [0.2, 0.25) is 0 Å². The first-order valence-electron chi connectivity index (χ1n) is 12.8. The monoisotopic (exact) mass is 522 g/mol. The number of benzene rings is 1. The maximum Gasteiger partial charge on any atom is 0.245 e. The molecule has 2 atom stereocenters. The maximum absolute atomic E-state index is 13.6. The molecule has 6 rings (SSSR count). The van der Waals surface area contributed by atoms with Gasteiger partial charge in [0.25, 0.3) is 0 Å². The van der Waals surface area contributed by atoms with E-state index in [1.165, 1.54) is 0 Å². The summed E-state index contributed by atoms with van der Waals surface area (Å²) < 4.78 is 29.7. The Morgan fingerprint density at radius 2 is 1.59 bits per heavy atom. The van der Waals surface area contributed by atoms with Crippen molar-refractivity contribution in [1.29, 1.82) is 0 Å². The average molecular weight is 523 g/mol. The van der Waals surface area contributed by atoms with Crippen LogP contribution in [0.4, 0.5) is 5.95 Å². The third-order valence-corrected chi connectivity index (χ3v) is 9.57. The van der Waals surface area contributed by atoms with Gasteiger partial charge in [-0.15, -0.1) is 14.5 Å². The highest BCUT2D eigenvalue weighted by Gasteiger charge is 2.40. The molecule has 0 spiro atoms. The van der Waals surface area contributed by atoms with Crippen LogP contribution in [0.25, 0.3) is 0 Å². The van der Waals surface area contributed by atoms with Gasteiger partial charge in [0.15, 0.2) is 15.3 Å². The highest BCUT2D eigenvalue weighted by molar-refractivity contribution is 7.95. The number of fused-ring (bicyclic) bond motifs is 1. The average Bonchev–Trinajstić information content (AvgIpc) is 3.57. The van der Waals surface area contributed by atoms with E-state index in [0.29, 0.717) is 63.0 Å². The van der Waals surface area contributed by atoms with Gasteiger partial charge in [-0.3, -0.25) is 4.79 Å². The molecule has 1 aromatic carbocycles. The van der Waals surface area contributed by atoms with Gasteiger partial charge < -0.3 is 18.9 Å². The zero-order valence-electron chi connectivity index (χ0n) is 20.6. The Morgan fingerprint density at radius 3 is 2.30 bits per heavy atom. The largest absolute Gasteiger partial charge is 0.593 e. The summed E-state index contributed by atoms with van der Waals surface area (Å²) in [5, 5.41) is 8.89. The molecule has 2 unspecified atom stereocenters. The summed E-state index contributed by atoms with van der Waals surface area (Å²) in [4.78, 5) is 26.6. The molecule has 194 valence electrons. The second-order valence-electron chi connectivity index (χ2n) is 9.75. The lowest BCUT2D eigenvalue weighted by Crippen LogP contribution is -2.51. The van der Waals surface area contributed by atoms with Gasteiger partial charge in [0.2, 0.25) is 11.9 Å². The molecule has 2 aromatic heterocycles. The van der Waals surface area contributed by atoms with E-state index in [2.05, 4.69) is 25.1 Å². The van der Waals surface area contributed by atoms with E-state index in [4.69, 9.17) is 0 Å². The Hall–Kier alpha value is -3.22. The lowest BCUT2D eigenvalue weighted by molar-refractivity contribution is -0.135. The molecule has 11 nitrogen and oxygen atoms in total. The smallest absolute Gasteiger partial charge is 0.245 e. The van der Waals surface area contributed by atoms with E-state index in [9.17, 15) is 13.6 Å². The molecule has 3 aliphatic rings. The minimum absolute atomic E-state index is 0.0731. The van der Waals surface area contributed by atoms with E-state index in [1.807, 2.05) is 15.5 Å². The fraction of sp³-hybridized carbons (Fsp3) is 0.480. The van der Waals surface area contributed by atoms with Gasteiger partial charge in [0.05, 0.1) is 0 Å². The van der Waals surface area contributed by atoms with Crippen LogP contribution in [0.5, 0.6) is 0 Å². The number of amides is 1. The molecule has 12 heteroatoms. The van der Waals surface area contributed by atoms with Crippen LogP contribution >= 0.6 is 0 Å². The molecule has 2 saturated heterocycles. The summed E-state index contributed by atoms with van der Waals surface area (Å²) in [6.07, 6.45) is 6.22. The third-order valence-electron chi connectivity index (χ3n) is 7.66. The number of aryl methyl sites for hydroxylation is 1. The van der Waals surface area contributed by atoms with Gasteiger partial charge in [0, 0.05) is 64.0 Å². The molecule has 0 radical (unpaired) electrons. The minimum atomic E-state index is -3.51. The summed E-state index contributed by atoms with van der Waals surface area (Å²) in [5.74, 6) is 2.55. The van der Waals surface area contributed by atoms with Crippen LogP contribution in [0.1, 0.15) is 42.9 Å². The quantitative estimate of drug-likeness (QED) is 0.464. The van der Waals surface area contributed by atoms with Crippen molar-refractivity contribution in [3.05, 3.63) is 60.4 Å². The molecule has 0 N–H and O–H groups in total. The van der Waals surface area contributed by atoms with Gasteiger partial charge in [-0.05, 0) is 37.5 Å². The summed E-state index contributed by atoms with van der Waals surface area (Å²) >= 11 is 0. The zero-order chi connectivity index (χ0) is 25.4. The topological polar surface area (TPSA) is 123 Å². The molecule has 0 bridgehead atoms. The molecule has 5 heterocycles. The summed E-state index contributed by atoms with van der Waals surface area (Å²) in [7, 11) is -3.51. The number of hydrogen-bond donors (Lipinski definition) is 0. The predicted molar refractivity (Wildman–Crippen MR) is 135 cm³/mol. The van der Waals surface area contributed by atoms with Crippen molar-refractivity contribution in [2.45, 2.75) is 42.5 Å². The van der Waals surface area contributed by atoms with Gasteiger partial charge in [-0.2, -0.15) is 0 Å². The first-order chi connectivity index (χ1) is 18.0. The summed E-state index contributed by atoms with van der Waals surface area (Å²) in [5.41, 5.74) is 0. The molecular weight excluding hydrogens is 492 g/mol. The molecule has 0 aliphatic carbocycles. The number of carbonyl (C=O) groups excluding carboxylic acids is 1. The van der Waals surface area contributed by atoms with Crippen molar-refractivity contribution in [2.75, 3.05) is 44.2 Å². The fourth-order valence-corrected chi connectivity index (χ4v) is 7.13. The number of anilines is 1. The Labute approximate surface area is 216 Å². The van der Waals surface area contributed by atoms with Crippen molar-refractivity contribution in [2.24, 2.45) is 0 Å². The normalized spacial score (nSPS) is 22.6. The lowest BCUT2D eigenvalue weighted by Gasteiger charge is -2.36. The van der Waals surface area contributed by atoms with Crippen molar-refractivity contribution in [3.63, 3.8) is 0 Å². The van der Waals surface area contributed by atoms with Crippen molar-refractivity contribution in [3.8, 4) is 0 Å². The predicted octanol–water partition coefficient (Wildman–Crippen LogP) is 1.69. The fourth-order valence-electron chi connectivity index (χ4n) is 5.64. The summed E-state index contributed by atoms with van der Waals surface area (Å²) in [6.45, 7) is 3.47. The Bertz CT molecular complexity index is 1290. The number of hydrogen-bond acceptors (Lipinski definition) is 8. The van der Waals surface area contributed by atoms with E-state index < -0.39 is 10.4 Å². The Morgan fingerprint density at radius 1 is 0.892 bits per heavy atom. The van der Waals surface area contributed by atoms with Crippen LogP contribution in [0.15, 0.2) is 53.7 Å². The highest BCUT2D eigenvalue weighted by Crippen LogP contribution is 2.36. The molecule has 37 heavy (non-hydrogen) atoms. The van der Waals surface area contributed by atoms with Gasteiger partial charge in [-0.1, -0.05) is 22.4 Å². The second-order valence-corrected chi connectivity index (χ2v) is 11.7. The molecular formula is C25H30N8O3S. The number of aromatic nitrogens is 5. The molecule has 3 aliphatic heterocycles. The van der Waals surface area contributed by atoms with E-state index in [0.717, 1.165) is 24.5 Å². The van der Waals surface area contributed by atoms with Crippen molar-refractivity contribution < 1.29 is 13.6 Å². The van der Waals surface area contributed by atoms with Gasteiger partial charge >= 0.3 is 0 Å². The van der Waals surface area contributed by atoms with Crippen LogP contribution in [0.3, 0.4) is 0 Å². The standard InChI is InChI=1S/C25H30N8O3S/c34-24(30-15-17-31(18-16-30)25-26-11-4-12-27-25)21-7-8-22-28-29-23(33(21)22)19-9-13-32(14-10-19)37(35,36)20-5-2-1-3-6-20/h1-6,11-12,19,21H,7-10,13-18H2. The zero-order valence-corrected chi connectivity index (χ0v) is 21.4. The van der Waals surface area contributed by atoms with E-state index in [-0.39, 0.29) is 17.9 Å². The molecule has 1 amide bonds. The number of carbonyl (C=O) groups is 1. The number of piperidine rings is 1. The number of piperazine rings is 1. The highest BCUT2D eigenvalue weighted by atomic mass is 32.3. The second kappa shape index (κ2) is 9.92. The third kappa shape index (κ3) is 4.53. The first kappa shape index (κ1) is 24.1. The number of sulfonamides is 1. The maximum atomic E-state index is 13.6. The van der Waals surface area contributed by atoms with Crippen LogP contribution in [-0.2, 0) is 25.8 Å². The summed E-state index contributed by atoms with van der Waals surface area (Å²) in [6, 6.07) is 10.1. The van der Waals surface area contributed by atoms with E-state index >= 15 is 0 Å². The van der Waals surface area contributed by atoms with E-state index in [1.54, 1.807) is 47.0 Å². The Balaban J connectivity index is 1.12. The molecule has 3 aromatic rings. The van der Waals surface area contributed by atoms with Gasteiger partial charge in [0.1, 0.15) is 17.7 Å². The molecule has 0 saturated carbocycles. The first-order valence-corrected chi connectivity index (χ1v) is 14.3. The van der Waals surface area contributed by atoms with Crippen LogP contribution in [0, 0.1) is 0 Å². The molecule has 2 fully saturated rings. The Kier molecular flexibility index (Phi) is 6.47. The lowest BCUT2D eigenvalue weighted by atomic mass is 9.97. The van der Waals surface area contributed by atoms with Crippen LogP contribution < -0.4 is 4.90 Å². The SMILES string of the molecule is O=C(C1CCc2nnc(C3CCN([S+](=O)([O-])c4ccccc4)CC3)n21)N1CCN(c2ncccn2)CC1. The number of rotatable bonds is 5. The van der Waals surface area contributed by atoms with Crippen LogP contribution in [-0.4, -0.2) is 83.7 Å².